The lowest BCUT2D eigenvalue weighted by atomic mass is 9.41. The maximum absolute atomic E-state index is 14.0. The van der Waals surface area contributed by atoms with Gasteiger partial charge in [0.05, 0.1) is 6.10 Å². The molecule has 0 amide bonds. The molecule has 2 heteroatoms. The van der Waals surface area contributed by atoms with Crippen LogP contribution in [0.5, 0.6) is 0 Å². The van der Waals surface area contributed by atoms with Gasteiger partial charge < -0.3 is 5.11 Å². The number of carbonyl (C=O) groups excluding carboxylic acids is 1. The molecule has 0 heterocycles. The Kier molecular flexibility index (Phi) is 5.17. The van der Waals surface area contributed by atoms with E-state index in [2.05, 4.69) is 48.5 Å². The first-order chi connectivity index (χ1) is 14.9. The zero-order chi connectivity index (χ0) is 23.3. The van der Waals surface area contributed by atoms with Crippen molar-refractivity contribution in [2.24, 2.45) is 56.7 Å². The highest BCUT2D eigenvalue weighted by Crippen LogP contribution is 2.88. The highest BCUT2D eigenvalue weighted by atomic mass is 16.3. The van der Waals surface area contributed by atoms with Crippen molar-refractivity contribution in [1.82, 2.24) is 0 Å². The average Bonchev–Trinajstić information content (AvgIpc) is 3.26. The number of aliphatic hydroxyl groups excluding tert-OH is 1. The number of hydrogen-bond donors (Lipinski definition) is 1. The molecule has 5 fully saturated rings. The summed E-state index contributed by atoms with van der Waals surface area (Å²) < 4.78 is 0. The third-order valence-corrected chi connectivity index (χ3v) is 13.0. The van der Waals surface area contributed by atoms with Crippen LogP contribution in [0.25, 0.3) is 0 Å². The van der Waals surface area contributed by atoms with E-state index in [1.165, 1.54) is 51.4 Å². The number of Topliss-reactive ketones (excluding diaryl/α,β-unsaturated/α-hetero) is 1. The van der Waals surface area contributed by atoms with E-state index in [1.54, 1.807) is 0 Å². The van der Waals surface area contributed by atoms with Crippen LogP contribution < -0.4 is 0 Å². The van der Waals surface area contributed by atoms with Crippen molar-refractivity contribution in [3.63, 3.8) is 0 Å². The average molecular weight is 443 g/mol. The third kappa shape index (κ3) is 2.71. The Labute approximate surface area is 197 Å². The first-order valence-electron chi connectivity index (χ1n) is 14.1. The molecule has 0 aromatic heterocycles. The van der Waals surface area contributed by atoms with Crippen molar-refractivity contribution < 1.29 is 9.90 Å². The van der Waals surface area contributed by atoms with Crippen molar-refractivity contribution in [3.8, 4) is 0 Å². The van der Waals surface area contributed by atoms with Crippen molar-refractivity contribution in [2.45, 2.75) is 125 Å². The Balaban J connectivity index is 1.43. The van der Waals surface area contributed by atoms with Crippen molar-refractivity contribution in [3.05, 3.63) is 0 Å². The van der Waals surface area contributed by atoms with Gasteiger partial charge in [0.25, 0.3) is 0 Å². The molecule has 0 unspecified atom stereocenters. The lowest BCUT2D eigenvalue weighted by molar-refractivity contribution is -0.175. The minimum Gasteiger partial charge on any atom is -0.393 e. The van der Waals surface area contributed by atoms with Gasteiger partial charge in [-0.25, -0.2) is 0 Å². The molecular weight excluding hydrogens is 392 g/mol. The molecule has 0 saturated heterocycles. The summed E-state index contributed by atoms with van der Waals surface area (Å²) in [5.41, 5.74) is 0.978. The van der Waals surface area contributed by atoms with Crippen molar-refractivity contribution in [1.29, 1.82) is 0 Å². The molecule has 5 rings (SSSR count). The van der Waals surface area contributed by atoms with Crippen LogP contribution in [0.1, 0.15) is 119 Å². The first kappa shape index (κ1) is 23.4. The quantitative estimate of drug-likeness (QED) is 0.481. The lowest BCUT2D eigenvalue weighted by Gasteiger charge is -2.62. The first-order valence-corrected chi connectivity index (χ1v) is 14.1. The fourth-order valence-corrected chi connectivity index (χ4v) is 11.0. The maximum Gasteiger partial charge on any atom is 0.137 e. The fourth-order valence-electron chi connectivity index (χ4n) is 11.0. The maximum atomic E-state index is 14.0. The Morgan fingerprint density at radius 3 is 2.31 bits per heavy atom. The predicted molar refractivity (Wildman–Crippen MR) is 131 cm³/mol. The van der Waals surface area contributed by atoms with Gasteiger partial charge in [-0.05, 0) is 95.7 Å². The van der Waals surface area contributed by atoms with Crippen LogP contribution in [-0.2, 0) is 4.79 Å². The number of hydrogen-bond acceptors (Lipinski definition) is 2. The Morgan fingerprint density at radius 1 is 0.906 bits per heavy atom. The molecule has 1 N–H and O–H groups in total. The van der Waals surface area contributed by atoms with Crippen molar-refractivity contribution in [2.75, 3.05) is 0 Å². The molecule has 32 heavy (non-hydrogen) atoms. The summed E-state index contributed by atoms with van der Waals surface area (Å²) in [5, 5.41) is 10.8. The van der Waals surface area contributed by atoms with Gasteiger partial charge in [0.2, 0.25) is 0 Å². The SMILES string of the molecule is CC(C)CCC[C@@H](C)[C@H]1CC[C@@]2(C)[C@@H]3C(=O)C[C@H]4C(C)(C)[C@@H](O)CC[C@@]45C[C@]35CC[C@]12C. The minimum atomic E-state index is -0.243. The number of carbonyl (C=O) groups is 1. The molecule has 182 valence electrons. The van der Waals surface area contributed by atoms with E-state index in [-0.39, 0.29) is 28.3 Å². The van der Waals surface area contributed by atoms with E-state index in [0.29, 0.717) is 22.5 Å². The smallest absolute Gasteiger partial charge is 0.137 e. The predicted octanol–water partition coefficient (Wildman–Crippen LogP) is 7.43. The largest absolute Gasteiger partial charge is 0.393 e. The Bertz CT molecular complexity index is 784. The minimum absolute atomic E-state index is 0.118. The summed E-state index contributed by atoms with van der Waals surface area (Å²) >= 11 is 0. The van der Waals surface area contributed by atoms with Gasteiger partial charge in [-0.15, -0.1) is 0 Å². The molecule has 0 aromatic carbocycles. The van der Waals surface area contributed by atoms with Crippen molar-refractivity contribution >= 4 is 5.78 Å². The second-order valence-electron chi connectivity index (χ2n) is 14.8. The number of ketones is 1. The summed E-state index contributed by atoms with van der Waals surface area (Å²) in [6.07, 6.45) is 13.1. The second kappa shape index (κ2) is 7.08. The number of fused-ring (bicyclic) bond motifs is 2. The fraction of sp³-hybridized carbons (Fsp3) is 0.967. The van der Waals surface area contributed by atoms with E-state index < -0.39 is 0 Å². The molecule has 0 bridgehead atoms. The summed E-state index contributed by atoms with van der Waals surface area (Å²) in [6.45, 7) is 16.9. The van der Waals surface area contributed by atoms with E-state index in [9.17, 15) is 9.90 Å². The molecule has 9 atom stereocenters. The normalized spacial score (nSPS) is 52.1. The van der Waals surface area contributed by atoms with E-state index in [0.717, 1.165) is 37.0 Å². The highest BCUT2D eigenvalue weighted by molar-refractivity contribution is 5.86. The topological polar surface area (TPSA) is 37.3 Å². The lowest BCUT2D eigenvalue weighted by Crippen LogP contribution is -2.60. The molecule has 0 radical (unpaired) electrons. The van der Waals surface area contributed by atoms with Gasteiger partial charge in [0, 0.05) is 12.3 Å². The third-order valence-electron chi connectivity index (χ3n) is 13.0. The molecule has 0 aliphatic heterocycles. The zero-order valence-electron chi connectivity index (χ0n) is 22.1. The molecule has 2 spiro atoms. The number of aliphatic hydroxyl groups is 1. The molecule has 5 aliphatic carbocycles. The highest BCUT2D eigenvalue weighted by Gasteiger charge is 2.84. The summed E-state index contributed by atoms with van der Waals surface area (Å²) in [7, 11) is 0. The molecule has 5 aliphatic rings. The van der Waals surface area contributed by atoms with Crippen LogP contribution in [0.4, 0.5) is 0 Å². The Morgan fingerprint density at radius 2 is 1.62 bits per heavy atom. The van der Waals surface area contributed by atoms with Crippen LogP contribution in [0.15, 0.2) is 0 Å². The Hall–Kier alpha value is -0.370. The van der Waals surface area contributed by atoms with E-state index in [1.807, 2.05) is 0 Å². The second-order valence-corrected chi connectivity index (χ2v) is 14.8. The summed E-state index contributed by atoms with van der Waals surface area (Å²) in [6, 6.07) is 0. The monoisotopic (exact) mass is 442 g/mol. The van der Waals surface area contributed by atoms with Gasteiger partial charge in [-0.1, -0.05) is 67.7 Å². The van der Waals surface area contributed by atoms with E-state index in [4.69, 9.17) is 0 Å². The molecule has 2 nitrogen and oxygen atoms in total. The van der Waals surface area contributed by atoms with Gasteiger partial charge in [-0.2, -0.15) is 0 Å². The van der Waals surface area contributed by atoms with E-state index >= 15 is 0 Å². The summed E-state index contributed by atoms with van der Waals surface area (Å²) in [4.78, 5) is 14.0. The zero-order valence-corrected chi connectivity index (χ0v) is 22.1. The summed E-state index contributed by atoms with van der Waals surface area (Å²) in [5.74, 6) is 3.61. The standard InChI is InChI=1S/C30H50O2/c1-19(2)9-8-10-20(3)21-11-13-28(7)25-22(31)17-23-26(4,5)24(32)12-14-29(23)18-30(25,29)16-15-27(21,28)6/h19-21,23-25,32H,8-18H2,1-7H3/t20-,21-,23+,24+,25+,27-,28+,29-,30-/m1/s1. The van der Waals surface area contributed by atoms with Crippen LogP contribution in [0.2, 0.25) is 0 Å². The molecule has 5 saturated carbocycles. The van der Waals surface area contributed by atoms with Gasteiger partial charge in [-0.3, -0.25) is 4.79 Å². The van der Waals surface area contributed by atoms with Crippen LogP contribution in [0.3, 0.4) is 0 Å². The number of rotatable bonds is 5. The van der Waals surface area contributed by atoms with Crippen LogP contribution >= 0.6 is 0 Å². The molecular formula is C30H50O2. The van der Waals surface area contributed by atoms with Gasteiger partial charge >= 0.3 is 0 Å². The van der Waals surface area contributed by atoms with Gasteiger partial charge in [0.15, 0.2) is 0 Å². The molecule has 0 aromatic rings. The van der Waals surface area contributed by atoms with Gasteiger partial charge in [0.1, 0.15) is 5.78 Å². The van der Waals surface area contributed by atoms with Crippen LogP contribution in [-0.4, -0.2) is 17.0 Å². The van der Waals surface area contributed by atoms with Crippen LogP contribution in [0, 0.1) is 56.7 Å².